The van der Waals surface area contributed by atoms with E-state index in [0.717, 1.165) is 6.92 Å². The van der Waals surface area contributed by atoms with Crippen molar-refractivity contribution in [1.29, 1.82) is 0 Å². The average Bonchev–Trinajstić information content (AvgIpc) is 3.08. The number of esters is 1. The summed E-state index contributed by atoms with van der Waals surface area (Å²) in [4.78, 5) is 24.4. The quantitative estimate of drug-likeness (QED) is 0.544. The van der Waals surface area contributed by atoms with E-state index in [2.05, 4.69) is 10.4 Å². The SMILES string of the molecule is CC(OC(=O)c1cc(C(F)(F)F)cc(C(F)(F)F)c1)C(=O)Nc1ccnn1C(C)C. The Labute approximate surface area is 166 Å². The maximum atomic E-state index is 12.9. The molecule has 1 aromatic carbocycles. The zero-order valence-electron chi connectivity index (χ0n) is 15.9. The number of alkyl halides is 6. The van der Waals surface area contributed by atoms with Gasteiger partial charge in [0.2, 0.25) is 0 Å². The van der Waals surface area contributed by atoms with E-state index < -0.39 is 47.0 Å². The molecular formula is C18H17F6N3O3. The van der Waals surface area contributed by atoms with Crippen LogP contribution in [-0.4, -0.2) is 27.8 Å². The predicted octanol–water partition coefficient (Wildman–Crippen LogP) is 4.69. The van der Waals surface area contributed by atoms with Crippen LogP contribution in [-0.2, 0) is 21.9 Å². The molecule has 1 aromatic heterocycles. The predicted molar refractivity (Wildman–Crippen MR) is 92.6 cm³/mol. The fraction of sp³-hybridized carbons (Fsp3) is 0.389. The van der Waals surface area contributed by atoms with Gasteiger partial charge in [-0.15, -0.1) is 0 Å². The molecule has 1 heterocycles. The van der Waals surface area contributed by atoms with Crippen molar-refractivity contribution in [3.05, 3.63) is 47.2 Å². The van der Waals surface area contributed by atoms with Crippen LogP contribution >= 0.6 is 0 Å². The van der Waals surface area contributed by atoms with Gasteiger partial charge in [0.05, 0.1) is 22.9 Å². The molecule has 1 unspecified atom stereocenters. The standard InChI is InChI=1S/C18H17F6N3O3/c1-9(2)27-14(4-5-25-27)26-15(28)10(3)30-16(29)11-6-12(17(19,20)21)8-13(7-11)18(22,23)24/h4-10H,1-3H3,(H,26,28). The highest BCUT2D eigenvalue weighted by Crippen LogP contribution is 2.36. The van der Waals surface area contributed by atoms with Gasteiger partial charge in [0.15, 0.2) is 6.10 Å². The molecule has 12 heteroatoms. The van der Waals surface area contributed by atoms with Gasteiger partial charge in [-0.3, -0.25) is 4.79 Å². The molecule has 0 aliphatic heterocycles. The summed E-state index contributed by atoms with van der Waals surface area (Å²) in [6.07, 6.45) is -10.3. The molecule has 0 saturated carbocycles. The number of aromatic nitrogens is 2. The van der Waals surface area contributed by atoms with Crippen molar-refractivity contribution in [1.82, 2.24) is 9.78 Å². The number of anilines is 1. The number of benzene rings is 1. The first-order chi connectivity index (χ1) is 13.7. The Morgan fingerprint density at radius 1 is 1.00 bits per heavy atom. The number of amides is 1. The second-order valence-corrected chi connectivity index (χ2v) is 6.59. The molecule has 164 valence electrons. The number of carbonyl (C=O) groups excluding carboxylic acids is 2. The van der Waals surface area contributed by atoms with Gasteiger partial charge in [-0.1, -0.05) is 0 Å². The highest BCUT2D eigenvalue weighted by Gasteiger charge is 2.38. The fourth-order valence-corrected chi connectivity index (χ4v) is 2.41. The topological polar surface area (TPSA) is 73.2 Å². The summed E-state index contributed by atoms with van der Waals surface area (Å²) in [7, 11) is 0. The van der Waals surface area contributed by atoms with Gasteiger partial charge < -0.3 is 10.1 Å². The first-order valence-corrected chi connectivity index (χ1v) is 8.55. The third-order valence-electron chi connectivity index (χ3n) is 3.89. The molecule has 1 atom stereocenters. The number of nitrogens with one attached hydrogen (secondary N) is 1. The highest BCUT2D eigenvalue weighted by molar-refractivity contribution is 5.97. The van der Waals surface area contributed by atoms with Crippen LogP contribution in [0.3, 0.4) is 0 Å². The maximum Gasteiger partial charge on any atom is 0.416 e. The van der Waals surface area contributed by atoms with Crippen molar-refractivity contribution in [2.75, 3.05) is 5.32 Å². The van der Waals surface area contributed by atoms with E-state index in [0.29, 0.717) is 0 Å². The molecule has 0 saturated heterocycles. The summed E-state index contributed by atoms with van der Waals surface area (Å²) in [6.45, 7) is 4.71. The van der Waals surface area contributed by atoms with Crippen LogP contribution in [0, 0.1) is 0 Å². The van der Waals surface area contributed by atoms with Crippen LogP contribution in [0.1, 0.15) is 48.3 Å². The number of hydrogen-bond acceptors (Lipinski definition) is 4. The molecule has 0 fully saturated rings. The largest absolute Gasteiger partial charge is 0.449 e. The summed E-state index contributed by atoms with van der Waals surface area (Å²) in [5.41, 5.74) is -4.31. The zero-order chi connectivity index (χ0) is 22.9. The second-order valence-electron chi connectivity index (χ2n) is 6.59. The molecule has 2 aromatic rings. The van der Waals surface area contributed by atoms with Gasteiger partial charge in [0, 0.05) is 12.1 Å². The van der Waals surface area contributed by atoms with Crippen LogP contribution in [0.25, 0.3) is 0 Å². The third kappa shape index (κ3) is 5.51. The lowest BCUT2D eigenvalue weighted by Crippen LogP contribution is -2.31. The van der Waals surface area contributed by atoms with Crippen molar-refractivity contribution in [3.8, 4) is 0 Å². The summed E-state index contributed by atoms with van der Waals surface area (Å²) in [5, 5.41) is 6.41. The molecule has 0 aliphatic rings. The molecule has 0 bridgehead atoms. The van der Waals surface area contributed by atoms with E-state index in [1.54, 1.807) is 13.8 Å². The molecule has 30 heavy (non-hydrogen) atoms. The minimum Gasteiger partial charge on any atom is -0.449 e. The summed E-state index contributed by atoms with van der Waals surface area (Å²) in [5.74, 6) is -2.07. The van der Waals surface area contributed by atoms with Crippen molar-refractivity contribution < 1.29 is 40.7 Å². The van der Waals surface area contributed by atoms with Crippen LogP contribution in [0.15, 0.2) is 30.5 Å². The lowest BCUT2D eigenvalue weighted by molar-refractivity contribution is -0.143. The number of rotatable bonds is 5. The first kappa shape index (κ1) is 23.2. The van der Waals surface area contributed by atoms with Gasteiger partial charge in [-0.05, 0) is 39.0 Å². The van der Waals surface area contributed by atoms with E-state index >= 15 is 0 Å². The number of ether oxygens (including phenoxy) is 1. The van der Waals surface area contributed by atoms with Crippen LogP contribution < -0.4 is 5.32 Å². The van der Waals surface area contributed by atoms with Gasteiger partial charge >= 0.3 is 18.3 Å². The molecule has 0 aliphatic carbocycles. The van der Waals surface area contributed by atoms with E-state index in [1.165, 1.54) is 16.9 Å². The van der Waals surface area contributed by atoms with Crippen molar-refractivity contribution in [2.45, 2.75) is 45.3 Å². The van der Waals surface area contributed by atoms with Gasteiger partial charge in [-0.2, -0.15) is 31.4 Å². The molecule has 2 rings (SSSR count). The van der Waals surface area contributed by atoms with Gasteiger partial charge in [0.1, 0.15) is 5.82 Å². The van der Waals surface area contributed by atoms with Crippen LogP contribution in [0.2, 0.25) is 0 Å². The molecule has 0 radical (unpaired) electrons. The normalized spacial score (nSPS) is 13.3. The van der Waals surface area contributed by atoms with Gasteiger partial charge in [-0.25, -0.2) is 9.48 Å². The smallest absolute Gasteiger partial charge is 0.416 e. The Morgan fingerprint density at radius 2 is 1.53 bits per heavy atom. The maximum absolute atomic E-state index is 12.9. The summed E-state index contributed by atoms with van der Waals surface area (Å²) < 4.78 is 83.7. The highest BCUT2D eigenvalue weighted by atomic mass is 19.4. The summed E-state index contributed by atoms with van der Waals surface area (Å²) in [6, 6.07) is 1.71. The van der Waals surface area contributed by atoms with E-state index in [9.17, 15) is 35.9 Å². The number of carbonyl (C=O) groups is 2. The second kappa shape index (κ2) is 8.36. The van der Waals surface area contributed by atoms with Crippen molar-refractivity contribution >= 4 is 17.7 Å². The zero-order valence-corrected chi connectivity index (χ0v) is 15.9. The number of halogens is 6. The summed E-state index contributed by atoms with van der Waals surface area (Å²) >= 11 is 0. The number of nitrogens with zero attached hydrogens (tertiary/aromatic N) is 2. The van der Waals surface area contributed by atoms with Crippen LogP contribution in [0.5, 0.6) is 0 Å². The Bertz CT molecular complexity index is 902. The Hall–Kier alpha value is -3.05. The molecule has 1 amide bonds. The molecule has 6 nitrogen and oxygen atoms in total. The third-order valence-corrected chi connectivity index (χ3v) is 3.89. The lowest BCUT2D eigenvalue weighted by atomic mass is 10.0. The van der Waals surface area contributed by atoms with E-state index in [-0.39, 0.29) is 30.1 Å². The first-order valence-electron chi connectivity index (χ1n) is 8.55. The minimum absolute atomic E-state index is 0.111. The lowest BCUT2D eigenvalue weighted by Gasteiger charge is -2.17. The monoisotopic (exact) mass is 437 g/mol. The van der Waals surface area contributed by atoms with E-state index in [4.69, 9.17) is 4.74 Å². The number of hydrogen-bond donors (Lipinski definition) is 1. The Morgan fingerprint density at radius 3 is 2.00 bits per heavy atom. The minimum atomic E-state index is -5.12. The van der Waals surface area contributed by atoms with E-state index in [1.807, 2.05) is 0 Å². The average molecular weight is 437 g/mol. The fourth-order valence-electron chi connectivity index (χ4n) is 2.41. The van der Waals surface area contributed by atoms with Gasteiger partial charge in [0.25, 0.3) is 5.91 Å². The Balaban J connectivity index is 2.22. The van der Waals surface area contributed by atoms with Crippen molar-refractivity contribution in [3.63, 3.8) is 0 Å². The molecule has 1 N–H and O–H groups in total. The van der Waals surface area contributed by atoms with Crippen molar-refractivity contribution in [2.24, 2.45) is 0 Å². The molecule has 0 spiro atoms. The molecular weight excluding hydrogens is 420 g/mol. The van der Waals surface area contributed by atoms with Crippen LogP contribution in [0.4, 0.5) is 32.2 Å². The Kier molecular flexibility index (Phi) is 6.48.